The summed E-state index contributed by atoms with van der Waals surface area (Å²) in [6.07, 6.45) is 1.63. The van der Waals surface area contributed by atoms with Crippen molar-refractivity contribution < 1.29 is 14.6 Å². The van der Waals surface area contributed by atoms with E-state index >= 15 is 0 Å². The van der Waals surface area contributed by atoms with Crippen LogP contribution in [-0.4, -0.2) is 43.7 Å². The monoisotopic (exact) mass is 293 g/mol. The average molecular weight is 293 g/mol. The lowest BCUT2D eigenvalue weighted by Crippen LogP contribution is -2.34. The largest absolute Gasteiger partial charge is 0.389 e. The van der Waals surface area contributed by atoms with Crippen LogP contribution in [0.1, 0.15) is 36.9 Å². The lowest BCUT2D eigenvalue weighted by molar-refractivity contribution is -0.0588. The van der Waals surface area contributed by atoms with E-state index in [1.54, 1.807) is 0 Å². The van der Waals surface area contributed by atoms with Gasteiger partial charge in [0.2, 0.25) is 0 Å². The fraction of sp³-hybridized carbons (Fsp3) is 0.647. The third-order valence-corrected chi connectivity index (χ3v) is 3.93. The lowest BCUT2D eigenvalue weighted by atomic mass is 10.1. The van der Waals surface area contributed by atoms with Gasteiger partial charge in [0.05, 0.1) is 18.8 Å². The van der Waals surface area contributed by atoms with Crippen molar-refractivity contribution in [3.8, 4) is 0 Å². The Morgan fingerprint density at radius 1 is 1.29 bits per heavy atom. The first-order chi connectivity index (χ1) is 10.1. The summed E-state index contributed by atoms with van der Waals surface area (Å²) >= 11 is 0. The van der Waals surface area contributed by atoms with E-state index in [4.69, 9.17) is 9.47 Å². The first kappa shape index (κ1) is 16.4. The molecule has 1 aliphatic heterocycles. The van der Waals surface area contributed by atoms with Crippen molar-refractivity contribution in [2.24, 2.45) is 0 Å². The second-order valence-electron chi connectivity index (χ2n) is 5.84. The molecule has 1 aromatic carbocycles. The van der Waals surface area contributed by atoms with Crippen molar-refractivity contribution >= 4 is 0 Å². The standard InChI is InChI=1S/C17H27NO3/c1-13-3-5-15(6-4-13)14(2)18-11-16(19)12-21-17-7-9-20-10-8-17/h3-6,14,16-19H,7-12H2,1-2H3. The SMILES string of the molecule is Cc1ccc(C(C)NCC(O)COC2CCOCC2)cc1. The normalized spacial score (nSPS) is 19.4. The highest BCUT2D eigenvalue weighted by Gasteiger charge is 2.16. The van der Waals surface area contributed by atoms with Gasteiger partial charge in [0.1, 0.15) is 0 Å². The molecular weight excluding hydrogens is 266 g/mol. The number of hydrogen-bond donors (Lipinski definition) is 2. The Morgan fingerprint density at radius 3 is 2.62 bits per heavy atom. The maximum absolute atomic E-state index is 10.0. The van der Waals surface area contributed by atoms with E-state index in [-0.39, 0.29) is 12.1 Å². The van der Waals surface area contributed by atoms with Crippen LogP contribution < -0.4 is 5.32 Å². The Balaban J connectivity index is 1.65. The molecule has 4 heteroatoms. The number of aryl methyl sites for hydroxylation is 1. The number of rotatable bonds is 7. The minimum Gasteiger partial charge on any atom is -0.389 e. The molecule has 0 saturated carbocycles. The molecule has 1 aliphatic rings. The van der Waals surface area contributed by atoms with Crippen LogP contribution in [0.3, 0.4) is 0 Å². The molecule has 0 amide bonds. The highest BCUT2D eigenvalue weighted by atomic mass is 16.5. The van der Waals surface area contributed by atoms with Crippen LogP contribution in [0.2, 0.25) is 0 Å². The van der Waals surface area contributed by atoms with Crippen molar-refractivity contribution in [1.82, 2.24) is 5.32 Å². The maximum Gasteiger partial charge on any atom is 0.0898 e. The van der Waals surface area contributed by atoms with E-state index < -0.39 is 6.10 Å². The molecule has 0 bridgehead atoms. The second-order valence-corrected chi connectivity index (χ2v) is 5.84. The number of nitrogens with one attached hydrogen (secondary N) is 1. The van der Waals surface area contributed by atoms with Crippen LogP contribution in [0.25, 0.3) is 0 Å². The Labute approximate surface area is 127 Å². The summed E-state index contributed by atoms with van der Waals surface area (Å²) in [5.41, 5.74) is 2.49. The summed E-state index contributed by atoms with van der Waals surface area (Å²) in [6.45, 7) is 6.65. The van der Waals surface area contributed by atoms with Crippen molar-refractivity contribution in [3.63, 3.8) is 0 Å². The Hall–Kier alpha value is -0.940. The lowest BCUT2D eigenvalue weighted by Gasteiger charge is -2.24. The molecule has 0 aliphatic carbocycles. The van der Waals surface area contributed by atoms with Gasteiger partial charge in [-0.1, -0.05) is 29.8 Å². The first-order valence-electron chi connectivity index (χ1n) is 7.82. The van der Waals surface area contributed by atoms with Crippen molar-refractivity contribution in [2.75, 3.05) is 26.4 Å². The third kappa shape index (κ3) is 5.75. The van der Waals surface area contributed by atoms with E-state index in [0.717, 1.165) is 26.1 Å². The zero-order chi connectivity index (χ0) is 15.1. The fourth-order valence-electron chi connectivity index (χ4n) is 2.43. The summed E-state index contributed by atoms with van der Waals surface area (Å²) in [5.74, 6) is 0. The number of ether oxygens (including phenoxy) is 2. The molecule has 2 N–H and O–H groups in total. The van der Waals surface area contributed by atoms with Gasteiger partial charge in [-0.25, -0.2) is 0 Å². The van der Waals surface area contributed by atoms with E-state index in [9.17, 15) is 5.11 Å². The molecule has 2 unspecified atom stereocenters. The first-order valence-corrected chi connectivity index (χ1v) is 7.82. The number of aliphatic hydroxyl groups is 1. The minimum absolute atomic E-state index is 0.225. The third-order valence-electron chi connectivity index (χ3n) is 3.93. The summed E-state index contributed by atoms with van der Waals surface area (Å²) < 4.78 is 11.0. The molecule has 4 nitrogen and oxygen atoms in total. The zero-order valence-electron chi connectivity index (χ0n) is 13.0. The number of aliphatic hydroxyl groups excluding tert-OH is 1. The predicted octanol–water partition coefficient (Wildman–Crippen LogP) is 2.20. The van der Waals surface area contributed by atoms with E-state index in [0.29, 0.717) is 13.2 Å². The number of benzene rings is 1. The Kier molecular flexibility index (Phi) is 6.64. The van der Waals surface area contributed by atoms with E-state index in [2.05, 4.69) is 43.4 Å². The van der Waals surface area contributed by atoms with E-state index in [1.165, 1.54) is 11.1 Å². The van der Waals surface area contributed by atoms with Crippen LogP contribution in [0, 0.1) is 6.92 Å². The fourth-order valence-corrected chi connectivity index (χ4v) is 2.43. The zero-order valence-corrected chi connectivity index (χ0v) is 13.0. The molecule has 1 aromatic rings. The summed E-state index contributed by atoms with van der Waals surface area (Å²) in [6, 6.07) is 8.69. The van der Waals surface area contributed by atoms with Crippen LogP contribution in [0.4, 0.5) is 0 Å². The van der Waals surface area contributed by atoms with Gasteiger partial charge in [-0.05, 0) is 32.3 Å². The molecule has 1 saturated heterocycles. The predicted molar refractivity (Wildman–Crippen MR) is 83.4 cm³/mol. The van der Waals surface area contributed by atoms with Gasteiger partial charge < -0.3 is 19.9 Å². The van der Waals surface area contributed by atoms with Crippen LogP contribution in [0.5, 0.6) is 0 Å². The van der Waals surface area contributed by atoms with Crippen molar-refractivity contribution in [1.29, 1.82) is 0 Å². The van der Waals surface area contributed by atoms with Crippen LogP contribution >= 0.6 is 0 Å². The van der Waals surface area contributed by atoms with Crippen LogP contribution in [0.15, 0.2) is 24.3 Å². The maximum atomic E-state index is 10.0. The van der Waals surface area contributed by atoms with E-state index in [1.807, 2.05) is 0 Å². The van der Waals surface area contributed by atoms with Gasteiger partial charge in [-0.3, -0.25) is 0 Å². The highest BCUT2D eigenvalue weighted by Crippen LogP contribution is 2.13. The summed E-state index contributed by atoms with van der Waals surface area (Å²) in [5, 5.41) is 13.4. The molecule has 1 heterocycles. The molecule has 1 fully saturated rings. The second kappa shape index (κ2) is 8.49. The summed E-state index contributed by atoms with van der Waals surface area (Å²) in [4.78, 5) is 0. The quantitative estimate of drug-likeness (QED) is 0.809. The van der Waals surface area contributed by atoms with Crippen molar-refractivity contribution in [3.05, 3.63) is 35.4 Å². The molecule has 0 aromatic heterocycles. The van der Waals surface area contributed by atoms with Gasteiger partial charge in [-0.2, -0.15) is 0 Å². The van der Waals surface area contributed by atoms with Gasteiger partial charge in [0.15, 0.2) is 0 Å². The van der Waals surface area contributed by atoms with Gasteiger partial charge >= 0.3 is 0 Å². The Morgan fingerprint density at radius 2 is 1.95 bits per heavy atom. The smallest absolute Gasteiger partial charge is 0.0898 e. The molecule has 2 atom stereocenters. The van der Waals surface area contributed by atoms with Crippen LogP contribution in [-0.2, 0) is 9.47 Å². The molecule has 118 valence electrons. The minimum atomic E-state index is -0.472. The number of hydrogen-bond acceptors (Lipinski definition) is 4. The molecule has 0 spiro atoms. The molecule has 21 heavy (non-hydrogen) atoms. The topological polar surface area (TPSA) is 50.7 Å². The highest BCUT2D eigenvalue weighted by molar-refractivity contribution is 5.23. The van der Waals surface area contributed by atoms with Crippen molar-refractivity contribution in [2.45, 2.75) is 44.9 Å². The average Bonchev–Trinajstić information content (AvgIpc) is 2.52. The molecular formula is C17H27NO3. The summed E-state index contributed by atoms with van der Waals surface area (Å²) in [7, 11) is 0. The van der Waals surface area contributed by atoms with Gasteiger partial charge in [0.25, 0.3) is 0 Å². The molecule has 0 radical (unpaired) electrons. The van der Waals surface area contributed by atoms with Gasteiger partial charge in [0, 0.05) is 25.8 Å². The van der Waals surface area contributed by atoms with Gasteiger partial charge in [-0.15, -0.1) is 0 Å². The molecule has 2 rings (SSSR count). The Bertz CT molecular complexity index is 401.